The summed E-state index contributed by atoms with van der Waals surface area (Å²) in [6.45, 7) is -0.725. The zero-order valence-corrected chi connectivity index (χ0v) is 14.9. The Morgan fingerprint density at radius 2 is 1.64 bits per heavy atom. The van der Waals surface area contributed by atoms with Crippen molar-refractivity contribution in [3.63, 3.8) is 0 Å². The van der Waals surface area contributed by atoms with Crippen molar-refractivity contribution >= 4 is 0 Å². The quantitative estimate of drug-likeness (QED) is 0.235. The lowest BCUT2D eigenvalue weighted by atomic mass is 10.0. The van der Waals surface area contributed by atoms with Gasteiger partial charge in [0.15, 0.2) is 18.2 Å². The largest absolute Gasteiger partial charge is 0.466 e. The first kappa shape index (κ1) is 21.6. The molecule has 3 aliphatic heterocycles. The number of hydrogen-bond acceptors (Lipinski definition) is 12. The molecule has 0 bridgehead atoms. The lowest BCUT2D eigenvalue weighted by molar-refractivity contribution is -0.296. The molecule has 10 atom stereocenters. The van der Waals surface area contributed by atoms with Crippen LogP contribution in [0.15, 0.2) is 12.0 Å². The van der Waals surface area contributed by atoms with E-state index in [4.69, 9.17) is 23.7 Å². The number of ether oxygens (including phenoxy) is 5. The first-order valence-electron chi connectivity index (χ1n) is 8.94. The Hall–Kier alpha value is -1.06. The van der Waals surface area contributed by atoms with Crippen molar-refractivity contribution in [2.45, 2.75) is 74.4 Å². The third kappa shape index (κ3) is 4.74. The van der Waals surface area contributed by atoms with Crippen molar-refractivity contribution in [2.75, 3.05) is 13.2 Å². The van der Waals surface area contributed by atoms with Gasteiger partial charge in [-0.2, -0.15) is 0 Å². The molecule has 0 aliphatic carbocycles. The predicted octanol–water partition coefficient (Wildman–Crippen LogP) is -3.76. The third-order valence-corrected chi connectivity index (χ3v) is 4.82. The van der Waals surface area contributed by atoms with Gasteiger partial charge in [-0.15, -0.1) is 0 Å². The highest BCUT2D eigenvalue weighted by Crippen LogP contribution is 2.30. The van der Waals surface area contributed by atoms with E-state index in [0.29, 0.717) is 0 Å². The average molecular weight is 410 g/mol. The van der Waals surface area contributed by atoms with Crippen LogP contribution in [0.4, 0.5) is 0 Å². The van der Waals surface area contributed by atoms with Gasteiger partial charge in [-0.05, 0) is 0 Å². The molecule has 7 N–H and O–H groups in total. The highest BCUT2D eigenvalue weighted by molar-refractivity contribution is 5.06. The van der Waals surface area contributed by atoms with Crippen LogP contribution in [0.25, 0.3) is 0 Å². The van der Waals surface area contributed by atoms with E-state index in [1.807, 2.05) is 0 Å². The SMILES string of the molecule is OCC1O[C@@H](OC2C(O[C@H]3CC(O)[C@H](O)CO3)=CO[C@@H](O)C2O)CC(O)[C@@H]1O. The fourth-order valence-electron chi connectivity index (χ4n) is 3.14. The molecule has 0 spiro atoms. The molecule has 3 aliphatic rings. The number of rotatable bonds is 5. The van der Waals surface area contributed by atoms with E-state index in [1.165, 1.54) is 0 Å². The van der Waals surface area contributed by atoms with Crippen molar-refractivity contribution in [3.05, 3.63) is 12.0 Å². The summed E-state index contributed by atoms with van der Waals surface area (Å²) in [4.78, 5) is 0. The summed E-state index contributed by atoms with van der Waals surface area (Å²) in [5, 5.41) is 68.1. The molecule has 28 heavy (non-hydrogen) atoms. The number of aliphatic hydroxyl groups excluding tert-OH is 7. The van der Waals surface area contributed by atoms with Crippen molar-refractivity contribution < 1.29 is 59.4 Å². The summed E-state index contributed by atoms with van der Waals surface area (Å²) in [5.41, 5.74) is 0. The van der Waals surface area contributed by atoms with Crippen LogP contribution in [0.3, 0.4) is 0 Å². The molecule has 0 aromatic rings. The second-order valence-corrected chi connectivity index (χ2v) is 6.93. The van der Waals surface area contributed by atoms with Crippen LogP contribution < -0.4 is 0 Å². The van der Waals surface area contributed by atoms with E-state index >= 15 is 0 Å². The zero-order valence-electron chi connectivity index (χ0n) is 14.9. The topological polar surface area (TPSA) is 188 Å². The van der Waals surface area contributed by atoms with Gasteiger partial charge in [0.2, 0.25) is 12.6 Å². The van der Waals surface area contributed by atoms with Crippen LogP contribution in [0.5, 0.6) is 0 Å². The lowest BCUT2D eigenvalue weighted by Crippen LogP contribution is -2.54. The molecule has 2 saturated heterocycles. The second-order valence-electron chi connectivity index (χ2n) is 6.93. The summed E-state index contributed by atoms with van der Waals surface area (Å²) in [6, 6.07) is 0. The Balaban J connectivity index is 1.67. The van der Waals surface area contributed by atoms with Crippen LogP contribution in [-0.2, 0) is 23.7 Å². The van der Waals surface area contributed by atoms with Crippen molar-refractivity contribution in [1.29, 1.82) is 0 Å². The molecule has 3 rings (SSSR count). The molecular weight excluding hydrogens is 384 g/mol. The van der Waals surface area contributed by atoms with Crippen LogP contribution in [0, 0.1) is 0 Å². The normalized spacial score (nSPS) is 47.2. The Labute approximate surface area is 160 Å². The van der Waals surface area contributed by atoms with Gasteiger partial charge in [0, 0.05) is 12.8 Å². The van der Waals surface area contributed by atoms with Gasteiger partial charge in [0.1, 0.15) is 30.7 Å². The molecule has 0 aromatic carbocycles. The van der Waals surface area contributed by atoms with E-state index in [-0.39, 0.29) is 25.2 Å². The summed E-state index contributed by atoms with van der Waals surface area (Å²) in [5.74, 6) is -0.0730. The smallest absolute Gasteiger partial charge is 0.226 e. The van der Waals surface area contributed by atoms with Crippen LogP contribution in [0.1, 0.15) is 12.8 Å². The maximum absolute atomic E-state index is 10.2. The highest BCUT2D eigenvalue weighted by Gasteiger charge is 2.44. The van der Waals surface area contributed by atoms with Crippen molar-refractivity contribution in [1.82, 2.24) is 0 Å². The minimum absolute atomic E-state index is 0.0543. The van der Waals surface area contributed by atoms with E-state index < -0.39 is 68.2 Å². The van der Waals surface area contributed by atoms with Gasteiger partial charge < -0.3 is 59.4 Å². The van der Waals surface area contributed by atoms with E-state index in [0.717, 1.165) is 6.26 Å². The number of hydrogen-bond donors (Lipinski definition) is 7. The third-order valence-electron chi connectivity index (χ3n) is 4.82. The molecule has 12 heteroatoms. The van der Waals surface area contributed by atoms with Gasteiger partial charge >= 0.3 is 0 Å². The molecule has 162 valence electrons. The molecule has 2 fully saturated rings. The fourth-order valence-corrected chi connectivity index (χ4v) is 3.14. The van der Waals surface area contributed by atoms with Gasteiger partial charge in [0.05, 0.1) is 25.4 Å². The summed E-state index contributed by atoms with van der Waals surface area (Å²) >= 11 is 0. The van der Waals surface area contributed by atoms with Gasteiger partial charge in [-0.1, -0.05) is 0 Å². The van der Waals surface area contributed by atoms with Crippen LogP contribution in [0.2, 0.25) is 0 Å². The summed E-state index contributed by atoms with van der Waals surface area (Å²) in [7, 11) is 0. The van der Waals surface area contributed by atoms with Crippen LogP contribution in [-0.4, -0.2) is 111 Å². The molecule has 0 saturated carbocycles. The maximum atomic E-state index is 10.2. The average Bonchev–Trinajstić information content (AvgIpc) is 2.66. The maximum Gasteiger partial charge on any atom is 0.226 e. The van der Waals surface area contributed by atoms with Crippen molar-refractivity contribution in [2.24, 2.45) is 0 Å². The minimum atomic E-state index is -1.62. The molecule has 5 unspecified atom stereocenters. The molecule has 0 aromatic heterocycles. The number of aliphatic hydroxyl groups is 7. The predicted molar refractivity (Wildman–Crippen MR) is 85.9 cm³/mol. The molecule has 3 heterocycles. The Kier molecular flexibility index (Phi) is 7.09. The molecule has 0 radical (unpaired) electrons. The molecule has 12 nitrogen and oxygen atoms in total. The Morgan fingerprint density at radius 3 is 2.32 bits per heavy atom. The van der Waals surface area contributed by atoms with Crippen LogP contribution >= 0.6 is 0 Å². The highest BCUT2D eigenvalue weighted by atomic mass is 16.7. The minimum Gasteiger partial charge on any atom is -0.466 e. The summed E-state index contributed by atoms with van der Waals surface area (Å²) < 4.78 is 26.7. The standard InChI is InChI=1S/C16H26O12/c17-3-9-13(21)7(19)2-12(26-9)28-15-10(5-25-16(23)14(15)22)27-11-1-6(18)8(20)4-24-11/h5-9,11-23H,1-4H2/t6?,7?,8-,9?,11+,12+,13+,14?,15?,16-/m1/s1. The monoisotopic (exact) mass is 410 g/mol. The van der Waals surface area contributed by atoms with Gasteiger partial charge in [-0.3, -0.25) is 0 Å². The Morgan fingerprint density at radius 1 is 0.929 bits per heavy atom. The van der Waals surface area contributed by atoms with Crippen molar-refractivity contribution in [3.8, 4) is 0 Å². The zero-order chi connectivity index (χ0) is 20.4. The fraction of sp³-hybridized carbons (Fsp3) is 0.875. The summed E-state index contributed by atoms with van der Waals surface area (Å²) in [6.07, 6.45) is -11.5. The molecular formula is C16H26O12. The second kappa shape index (κ2) is 9.17. The van der Waals surface area contributed by atoms with Gasteiger partial charge in [-0.25, -0.2) is 0 Å². The molecule has 0 amide bonds. The Bertz CT molecular complexity index is 544. The van der Waals surface area contributed by atoms with E-state index in [2.05, 4.69) is 0 Å². The first-order chi connectivity index (χ1) is 13.3. The van der Waals surface area contributed by atoms with Gasteiger partial charge in [0.25, 0.3) is 0 Å². The first-order valence-corrected chi connectivity index (χ1v) is 8.94. The lowest BCUT2D eigenvalue weighted by Gasteiger charge is -2.40. The van der Waals surface area contributed by atoms with E-state index in [9.17, 15) is 35.7 Å². The van der Waals surface area contributed by atoms with E-state index in [1.54, 1.807) is 0 Å².